The monoisotopic (exact) mass is 440 g/mol. The standard InChI is InChI=1S/C23H19F3N4O2/c1-14-10-16(2-3-18(14)22(31)32)20-12-29-21-19(28-9-6-23(24,25)26)11-17(13-30(20)21)15-4-7-27-8-5-15/h2-5,7-8,10-13,28H,6,9H2,1H3,(H,31,32). The summed E-state index contributed by atoms with van der Waals surface area (Å²) >= 11 is 0. The van der Waals surface area contributed by atoms with E-state index in [2.05, 4.69) is 15.3 Å². The molecule has 164 valence electrons. The molecule has 0 aliphatic heterocycles. The van der Waals surface area contributed by atoms with Gasteiger partial charge in [0.25, 0.3) is 0 Å². The van der Waals surface area contributed by atoms with E-state index < -0.39 is 18.6 Å². The third kappa shape index (κ3) is 4.41. The van der Waals surface area contributed by atoms with Crippen LogP contribution >= 0.6 is 0 Å². The molecule has 1 aromatic carbocycles. The largest absolute Gasteiger partial charge is 0.478 e. The number of fused-ring (bicyclic) bond motifs is 1. The molecule has 3 heterocycles. The predicted octanol–water partition coefficient (Wildman–Crippen LogP) is 5.43. The summed E-state index contributed by atoms with van der Waals surface area (Å²) in [4.78, 5) is 19.8. The lowest BCUT2D eigenvalue weighted by Gasteiger charge is -2.13. The number of nitrogens with zero attached hydrogens (tertiary/aromatic N) is 3. The number of rotatable bonds is 6. The number of aryl methyl sites for hydroxylation is 1. The van der Waals surface area contributed by atoms with E-state index in [9.17, 15) is 23.1 Å². The Hall–Kier alpha value is -3.88. The zero-order valence-corrected chi connectivity index (χ0v) is 17.0. The van der Waals surface area contributed by atoms with Crippen molar-refractivity contribution < 1.29 is 23.1 Å². The first-order chi connectivity index (χ1) is 15.2. The third-order valence-corrected chi connectivity index (χ3v) is 5.10. The number of alkyl halides is 3. The molecule has 0 aliphatic rings. The fraction of sp³-hybridized carbons (Fsp3) is 0.174. The summed E-state index contributed by atoms with van der Waals surface area (Å²) in [5, 5.41) is 12.1. The van der Waals surface area contributed by atoms with Crippen LogP contribution in [0.5, 0.6) is 0 Å². The molecule has 0 radical (unpaired) electrons. The highest BCUT2D eigenvalue weighted by Gasteiger charge is 2.26. The molecule has 0 atom stereocenters. The number of hydrogen-bond donors (Lipinski definition) is 2. The molecule has 4 rings (SSSR count). The average Bonchev–Trinajstić information content (AvgIpc) is 3.17. The molecule has 0 saturated carbocycles. The summed E-state index contributed by atoms with van der Waals surface area (Å²) in [5.41, 5.74) is 4.79. The van der Waals surface area contributed by atoms with Crippen LogP contribution in [0.25, 0.3) is 28.0 Å². The van der Waals surface area contributed by atoms with Crippen molar-refractivity contribution in [1.29, 1.82) is 0 Å². The number of carboxylic acids is 1. The maximum atomic E-state index is 12.7. The van der Waals surface area contributed by atoms with Gasteiger partial charge in [-0.1, -0.05) is 6.07 Å². The Labute approximate surface area is 181 Å². The van der Waals surface area contributed by atoms with E-state index in [0.29, 0.717) is 22.6 Å². The summed E-state index contributed by atoms with van der Waals surface area (Å²) in [5.74, 6) is -1.01. The fourth-order valence-corrected chi connectivity index (χ4v) is 3.53. The van der Waals surface area contributed by atoms with Crippen LogP contribution in [0.4, 0.5) is 18.9 Å². The first kappa shape index (κ1) is 21.4. The number of aromatic nitrogens is 3. The van der Waals surface area contributed by atoms with E-state index in [0.717, 1.165) is 16.7 Å². The number of pyridine rings is 2. The van der Waals surface area contributed by atoms with Gasteiger partial charge in [0.15, 0.2) is 5.65 Å². The minimum Gasteiger partial charge on any atom is -0.478 e. The van der Waals surface area contributed by atoms with E-state index in [1.807, 2.05) is 18.3 Å². The molecule has 9 heteroatoms. The van der Waals surface area contributed by atoms with Crippen LogP contribution in [0.3, 0.4) is 0 Å². The lowest BCUT2D eigenvalue weighted by Crippen LogP contribution is -2.15. The van der Waals surface area contributed by atoms with Gasteiger partial charge in [-0.15, -0.1) is 0 Å². The Bertz CT molecular complexity index is 1280. The van der Waals surface area contributed by atoms with Crippen molar-refractivity contribution in [3.05, 3.63) is 72.3 Å². The van der Waals surface area contributed by atoms with Gasteiger partial charge in [0.2, 0.25) is 0 Å². The van der Waals surface area contributed by atoms with Gasteiger partial charge in [0, 0.05) is 36.3 Å². The van der Waals surface area contributed by atoms with Gasteiger partial charge in [0.05, 0.1) is 29.6 Å². The molecule has 6 nitrogen and oxygen atoms in total. The first-order valence-corrected chi connectivity index (χ1v) is 9.79. The highest BCUT2D eigenvalue weighted by atomic mass is 19.4. The number of imidazole rings is 1. The zero-order chi connectivity index (χ0) is 22.9. The lowest BCUT2D eigenvalue weighted by atomic mass is 10.0. The SMILES string of the molecule is Cc1cc(-c2cnc3c(NCCC(F)(F)F)cc(-c4ccncc4)cn23)ccc1C(=O)O. The van der Waals surface area contributed by atoms with E-state index in [1.165, 1.54) is 6.07 Å². The summed E-state index contributed by atoms with van der Waals surface area (Å²) in [6.07, 6.45) is 1.51. The normalized spacial score (nSPS) is 11.6. The second-order valence-corrected chi connectivity index (χ2v) is 7.34. The van der Waals surface area contributed by atoms with Crippen LogP contribution in [0.15, 0.2) is 61.2 Å². The highest BCUT2D eigenvalue weighted by molar-refractivity contribution is 5.90. The van der Waals surface area contributed by atoms with Crippen molar-refractivity contribution in [3.63, 3.8) is 0 Å². The Kier molecular flexibility index (Phi) is 5.56. The predicted molar refractivity (Wildman–Crippen MR) is 115 cm³/mol. The second kappa shape index (κ2) is 8.33. The van der Waals surface area contributed by atoms with Gasteiger partial charge < -0.3 is 10.4 Å². The summed E-state index contributed by atoms with van der Waals surface area (Å²) < 4.78 is 39.8. The Balaban J connectivity index is 1.83. The Morgan fingerprint density at radius 2 is 1.84 bits per heavy atom. The highest BCUT2D eigenvalue weighted by Crippen LogP contribution is 2.31. The minimum atomic E-state index is -4.27. The van der Waals surface area contributed by atoms with Crippen LogP contribution < -0.4 is 5.32 Å². The van der Waals surface area contributed by atoms with Crippen molar-refractivity contribution in [2.75, 3.05) is 11.9 Å². The van der Waals surface area contributed by atoms with Crippen molar-refractivity contribution >= 4 is 17.3 Å². The molecule has 0 aliphatic carbocycles. The maximum Gasteiger partial charge on any atom is 0.390 e. The summed E-state index contributed by atoms with van der Waals surface area (Å²) in [7, 11) is 0. The van der Waals surface area contributed by atoms with Gasteiger partial charge in [-0.25, -0.2) is 9.78 Å². The van der Waals surface area contributed by atoms with Crippen LogP contribution in [-0.2, 0) is 0 Å². The first-order valence-electron chi connectivity index (χ1n) is 9.79. The molecule has 0 fully saturated rings. The molecule has 0 spiro atoms. The summed E-state index contributed by atoms with van der Waals surface area (Å²) in [6, 6.07) is 10.4. The van der Waals surface area contributed by atoms with Crippen molar-refractivity contribution in [2.45, 2.75) is 19.5 Å². The zero-order valence-electron chi connectivity index (χ0n) is 17.0. The van der Waals surface area contributed by atoms with Gasteiger partial charge in [-0.05, 0) is 48.4 Å². The molecule has 32 heavy (non-hydrogen) atoms. The number of anilines is 1. The van der Waals surface area contributed by atoms with Crippen LogP contribution in [0.1, 0.15) is 22.3 Å². The van der Waals surface area contributed by atoms with E-state index in [4.69, 9.17) is 0 Å². The average molecular weight is 440 g/mol. The number of benzene rings is 1. The van der Waals surface area contributed by atoms with Crippen LogP contribution in [0.2, 0.25) is 0 Å². The van der Waals surface area contributed by atoms with E-state index in [1.54, 1.807) is 48.1 Å². The number of halogens is 3. The van der Waals surface area contributed by atoms with Crippen LogP contribution in [0, 0.1) is 6.92 Å². The molecule has 0 bridgehead atoms. The van der Waals surface area contributed by atoms with Gasteiger partial charge in [0.1, 0.15) is 0 Å². The lowest BCUT2D eigenvalue weighted by molar-refractivity contribution is -0.131. The van der Waals surface area contributed by atoms with E-state index in [-0.39, 0.29) is 12.1 Å². The van der Waals surface area contributed by atoms with Gasteiger partial charge in [-0.3, -0.25) is 9.38 Å². The van der Waals surface area contributed by atoms with Crippen LogP contribution in [-0.4, -0.2) is 38.2 Å². The Morgan fingerprint density at radius 1 is 1.09 bits per heavy atom. The number of hydrogen-bond acceptors (Lipinski definition) is 4. The molecule has 0 saturated heterocycles. The van der Waals surface area contributed by atoms with Gasteiger partial charge >= 0.3 is 12.1 Å². The quantitative estimate of drug-likeness (QED) is 0.418. The smallest absolute Gasteiger partial charge is 0.390 e. The number of nitrogens with one attached hydrogen (secondary N) is 1. The second-order valence-electron chi connectivity index (χ2n) is 7.34. The molecule has 4 aromatic rings. The molecular weight excluding hydrogens is 421 g/mol. The molecule has 0 amide bonds. The number of carboxylic acid groups (broad SMARTS) is 1. The van der Waals surface area contributed by atoms with Crippen molar-refractivity contribution in [1.82, 2.24) is 14.4 Å². The van der Waals surface area contributed by atoms with E-state index >= 15 is 0 Å². The van der Waals surface area contributed by atoms with Crippen molar-refractivity contribution in [2.24, 2.45) is 0 Å². The molecule has 2 N–H and O–H groups in total. The number of carbonyl (C=O) groups is 1. The third-order valence-electron chi connectivity index (χ3n) is 5.10. The topological polar surface area (TPSA) is 79.5 Å². The molecule has 3 aromatic heterocycles. The molecule has 0 unspecified atom stereocenters. The molecular formula is C23H19F3N4O2. The minimum absolute atomic E-state index is 0.203. The van der Waals surface area contributed by atoms with Crippen molar-refractivity contribution in [3.8, 4) is 22.4 Å². The number of aromatic carboxylic acids is 1. The fourth-order valence-electron chi connectivity index (χ4n) is 3.53. The maximum absolute atomic E-state index is 12.7. The van der Waals surface area contributed by atoms with Gasteiger partial charge in [-0.2, -0.15) is 13.2 Å². The Morgan fingerprint density at radius 3 is 2.50 bits per heavy atom. The summed E-state index contributed by atoms with van der Waals surface area (Å²) in [6.45, 7) is 1.43.